The fraction of sp³-hybridized carbons (Fsp3) is 0.545. The normalized spacial score (nSPS) is 32.8. The Morgan fingerprint density at radius 1 is 0.967 bits per heavy atom. The van der Waals surface area contributed by atoms with Crippen LogP contribution in [0.25, 0.3) is 0 Å². The molecular weight excluding hydrogens is 782 g/mol. The molecule has 16 heteroatoms. The highest BCUT2D eigenvalue weighted by molar-refractivity contribution is 5.94. The molecule has 0 radical (unpaired) electrons. The van der Waals surface area contributed by atoms with Crippen LogP contribution in [0.15, 0.2) is 71.8 Å². The van der Waals surface area contributed by atoms with Crippen molar-refractivity contribution in [2.75, 3.05) is 6.61 Å². The summed E-state index contributed by atoms with van der Waals surface area (Å²) in [6, 6.07) is 14.6. The van der Waals surface area contributed by atoms with E-state index in [4.69, 9.17) is 28.4 Å². The van der Waals surface area contributed by atoms with Crippen molar-refractivity contribution >= 4 is 36.3 Å². The van der Waals surface area contributed by atoms with Gasteiger partial charge < -0.3 is 49.1 Å². The van der Waals surface area contributed by atoms with Gasteiger partial charge in [0, 0.05) is 25.2 Å². The average Bonchev–Trinajstić information content (AvgIpc) is 3.17. The number of Topliss-reactive ketones (excluding diaryl/α,β-unsaturated/α-hetero) is 1. The Morgan fingerprint density at radius 2 is 1.58 bits per heavy atom. The molecule has 16 nitrogen and oxygen atoms in total. The van der Waals surface area contributed by atoms with Crippen LogP contribution in [0, 0.1) is 16.7 Å². The first-order valence-corrected chi connectivity index (χ1v) is 19.8. The number of alkyl carbamates (subject to hydrolysis) is 1. The molecule has 60 heavy (non-hydrogen) atoms. The number of carbonyl (C=O) groups excluding carboxylic acids is 6. The van der Waals surface area contributed by atoms with E-state index in [9.17, 15) is 39.3 Å². The van der Waals surface area contributed by atoms with Gasteiger partial charge >= 0.3 is 24.0 Å². The van der Waals surface area contributed by atoms with Crippen LogP contribution in [0.2, 0.25) is 0 Å². The lowest BCUT2D eigenvalue weighted by Crippen LogP contribution is -2.81. The number of rotatable bonds is 10. The maximum Gasteiger partial charge on any atom is 0.408 e. The number of amides is 1. The number of benzene rings is 2. The largest absolute Gasteiger partial charge is 0.455 e. The Hall–Kier alpha value is -5.16. The molecule has 3 fully saturated rings. The fourth-order valence-corrected chi connectivity index (χ4v) is 9.74. The van der Waals surface area contributed by atoms with Gasteiger partial charge in [0.05, 0.1) is 29.6 Å². The maximum absolute atomic E-state index is 15.0. The lowest BCUT2D eigenvalue weighted by atomic mass is 9.44. The molecule has 0 aromatic heterocycles. The van der Waals surface area contributed by atoms with Crippen LogP contribution in [-0.4, -0.2) is 112 Å². The second-order valence-corrected chi connectivity index (χ2v) is 17.8. The Bertz CT molecular complexity index is 2050. The highest BCUT2D eigenvalue weighted by atomic mass is 16.6. The average molecular weight is 836 g/mol. The van der Waals surface area contributed by atoms with Crippen LogP contribution in [0.1, 0.15) is 90.2 Å². The Balaban J connectivity index is 1.51. The molecule has 1 heterocycles. The third-order valence-corrected chi connectivity index (χ3v) is 12.7. The van der Waals surface area contributed by atoms with Gasteiger partial charge in [-0.2, -0.15) is 0 Å². The number of hydrogen-bond acceptors (Lipinski definition) is 15. The van der Waals surface area contributed by atoms with Crippen LogP contribution in [0.3, 0.4) is 0 Å². The molecule has 1 saturated heterocycles. The van der Waals surface area contributed by atoms with E-state index in [0.717, 1.165) is 6.92 Å². The molecule has 11 unspecified atom stereocenters. The summed E-state index contributed by atoms with van der Waals surface area (Å²) in [6.45, 7) is 11.7. The van der Waals surface area contributed by atoms with Crippen molar-refractivity contribution in [3.05, 3.63) is 82.9 Å². The summed E-state index contributed by atoms with van der Waals surface area (Å²) in [4.78, 5) is 81.6. The lowest BCUT2D eigenvalue weighted by Gasteiger charge is -2.67. The van der Waals surface area contributed by atoms with Crippen molar-refractivity contribution in [3.8, 4) is 0 Å². The monoisotopic (exact) mass is 835 g/mol. The molecule has 2 bridgehead atoms. The second-order valence-electron chi connectivity index (χ2n) is 17.8. The first kappa shape index (κ1) is 44.4. The van der Waals surface area contributed by atoms with Gasteiger partial charge in [-0.3, -0.25) is 14.4 Å². The van der Waals surface area contributed by atoms with Crippen LogP contribution in [-0.2, 0) is 47.6 Å². The highest BCUT2D eigenvalue weighted by Crippen LogP contribution is 2.64. The lowest BCUT2D eigenvalue weighted by molar-refractivity contribution is -0.346. The molecule has 0 spiro atoms. The molecule has 11 atom stereocenters. The number of ether oxygens (including phenoxy) is 6. The van der Waals surface area contributed by atoms with Gasteiger partial charge in [-0.15, -0.1) is 0 Å². The standard InChI is InChI=1S/C44H53NO15/c1-23-27(57-38(52)33(56-22-46)31(25-15-11-9-12-16-25)45-39(53)60-40(3,4)5)20-44(54)36(58-37(51)26-17-13-10-14-18-26)34-42(8,35(50)32(49)30(23)41(44,6)7)28(48)19-29-43(34,21-55-29)59-24(2)47/h9-18,22,27-29,31-34,36,48-49,54H,19-21H2,1-8H3,(H,45,53). The van der Waals surface area contributed by atoms with Gasteiger partial charge in [0.2, 0.25) is 6.10 Å². The van der Waals surface area contributed by atoms with Crippen LogP contribution in [0.4, 0.5) is 4.79 Å². The first-order valence-electron chi connectivity index (χ1n) is 19.8. The number of hydrogen-bond donors (Lipinski definition) is 4. The molecule has 2 aromatic rings. The molecule has 2 aromatic carbocycles. The fourth-order valence-electron chi connectivity index (χ4n) is 9.74. The summed E-state index contributed by atoms with van der Waals surface area (Å²) in [6.07, 6.45) is -11.5. The van der Waals surface area contributed by atoms with E-state index < -0.39 is 112 Å². The van der Waals surface area contributed by atoms with Gasteiger partial charge in [0.1, 0.15) is 41.7 Å². The second kappa shape index (κ2) is 16.0. The molecule has 1 amide bonds. The number of aliphatic hydroxyl groups excluding tert-OH is 2. The summed E-state index contributed by atoms with van der Waals surface area (Å²) in [5.74, 6) is -5.39. The summed E-state index contributed by atoms with van der Waals surface area (Å²) < 4.78 is 35.0. The number of carbonyl (C=O) groups is 6. The van der Waals surface area contributed by atoms with E-state index >= 15 is 4.79 Å². The van der Waals surface area contributed by atoms with E-state index in [-0.39, 0.29) is 36.2 Å². The zero-order valence-electron chi connectivity index (χ0n) is 34.8. The van der Waals surface area contributed by atoms with Crippen molar-refractivity contribution in [2.24, 2.45) is 16.7 Å². The topological polar surface area (TPSA) is 231 Å². The molecule has 3 aliphatic carbocycles. The number of aliphatic hydroxyl groups is 3. The number of nitrogens with one attached hydrogen (secondary N) is 1. The van der Waals surface area contributed by atoms with Gasteiger partial charge in [-0.05, 0) is 63.5 Å². The molecule has 4 N–H and O–H groups in total. The third-order valence-electron chi connectivity index (χ3n) is 12.7. The summed E-state index contributed by atoms with van der Waals surface area (Å²) >= 11 is 0. The van der Waals surface area contributed by atoms with Crippen molar-refractivity contribution in [1.29, 1.82) is 0 Å². The summed E-state index contributed by atoms with van der Waals surface area (Å²) in [5.41, 5.74) is -8.33. The van der Waals surface area contributed by atoms with Crippen molar-refractivity contribution in [2.45, 2.75) is 128 Å². The maximum atomic E-state index is 15.0. The zero-order chi connectivity index (χ0) is 44.2. The van der Waals surface area contributed by atoms with Gasteiger partial charge in [-0.1, -0.05) is 62.4 Å². The van der Waals surface area contributed by atoms with Crippen LogP contribution < -0.4 is 5.32 Å². The van der Waals surface area contributed by atoms with E-state index in [1.54, 1.807) is 69.3 Å². The van der Waals surface area contributed by atoms with E-state index in [0.29, 0.717) is 5.56 Å². The molecule has 4 aliphatic rings. The molecular formula is C44H53NO15. The third kappa shape index (κ3) is 7.47. The van der Waals surface area contributed by atoms with Crippen LogP contribution in [0.5, 0.6) is 0 Å². The van der Waals surface area contributed by atoms with E-state index in [2.05, 4.69) is 5.32 Å². The Morgan fingerprint density at radius 3 is 2.13 bits per heavy atom. The summed E-state index contributed by atoms with van der Waals surface area (Å²) in [7, 11) is 0. The predicted octanol–water partition coefficient (Wildman–Crippen LogP) is 3.44. The molecule has 2 saturated carbocycles. The van der Waals surface area contributed by atoms with Crippen molar-refractivity contribution in [3.63, 3.8) is 0 Å². The minimum Gasteiger partial charge on any atom is -0.455 e. The van der Waals surface area contributed by atoms with Crippen LogP contribution >= 0.6 is 0 Å². The molecule has 1 aliphatic heterocycles. The predicted molar refractivity (Wildman–Crippen MR) is 209 cm³/mol. The molecule has 324 valence electrons. The Kier molecular flexibility index (Phi) is 11.9. The minimum absolute atomic E-state index is 0.00764. The Labute approximate surface area is 347 Å². The highest BCUT2D eigenvalue weighted by Gasteiger charge is 2.78. The number of fused-ring (bicyclic) bond motifs is 5. The van der Waals surface area contributed by atoms with Crippen molar-refractivity contribution in [1.82, 2.24) is 5.32 Å². The first-order chi connectivity index (χ1) is 28.0. The van der Waals surface area contributed by atoms with E-state index in [1.807, 2.05) is 0 Å². The zero-order valence-corrected chi connectivity index (χ0v) is 34.8. The van der Waals surface area contributed by atoms with E-state index in [1.165, 1.54) is 39.8 Å². The SMILES string of the molecule is CC(=O)OC12COC1CC(O)C1(C)C(=O)C(O)C3=C(C)C(OC(=O)C(OC=O)C(NC(=O)OC(C)(C)C)c4ccccc4)CC(O)(C(OC(=O)c4ccccc4)C21)C3(C)C. The van der Waals surface area contributed by atoms with Gasteiger partial charge in [-0.25, -0.2) is 14.4 Å². The van der Waals surface area contributed by atoms with Gasteiger partial charge in [0.15, 0.2) is 11.4 Å². The smallest absolute Gasteiger partial charge is 0.408 e. The quantitative estimate of drug-likeness (QED) is 0.116. The minimum atomic E-state index is -2.39. The van der Waals surface area contributed by atoms with Gasteiger partial charge in [0.25, 0.3) is 6.47 Å². The number of esters is 3. The molecule has 6 rings (SSSR count). The van der Waals surface area contributed by atoms with Crippen molar-refractivity contribution < 1.29 is 72.5 Å². The number of ketones is 1. The summed E-state index contributed by atoms with van der Waals surface area (Å²) in [5, 5.41) is 40.2.